The van der Waals surface area contributed by atoms with Gasteiger partial charge in [-0.2, -0.15) is 4.31 Å². The van der Waals surface area contributed by atoms with Gasteiger partial charge < -0.3 is 0 Å². The molecule has 1 heterocycles. The van der Waals surface area contributed by atoms with E-state index in [1.807, 2.05) is 39.8 Å². The summed E-state index contributed by atoms with van der Waals surface area (Å²) in [7, 11) is -3.60. The van der Waals surface area contributed by atoms with Crippen LogP contribution in [0.1, 0.15) is 47.0 Å². The fourth-order valence-corrected chi connectivity index (χ4v) is 6.08. The molecule has 4 nitrogen and oxygen atoms in total. The summed E-state index contributed by atoms with van der Waals surface area (Å²) in [5.74, 6) is 0.0226. The van der Waals surface area contributed by atoms with E-state index in [1.54, 1.807) is 34.6 Å². The molecule has 0 saturated carbocycles. The zero-order valence-corrected chi connectivity index (χ0v) is 17.8. The molecule has 0 N–H and O–H groups in total. The Morgan fingerprint density at radius 3 is 2.41 bits per heavy atom. The maximum atomic E-state index is 13.3. The lowest BCUT2D eigenvalue weighted by Crippen LogP contribution is -2.21. The Morgan fingerprint density at radius 1 is 1.15 bits per heavy atom. The molecule has 0 spiro atoms. The van der Waals surface area contributed by atoms with Crippen LogP contribution in [0.15, 0.2) is 53.0 Å². The van der Waals surface area contributed by atoms with Crippen LogP contribution in [0.5, 0.6) is 0 Å². The fraction of sp³-hybridized carbons (Fsp3) is 0.476. The van der Waals surface area contributed by atoms with Crippen LogP contribution in [0, 0.1) is 5.41 Å². The van der Waals surface area contributed by atoms with Crippen LogP contribution in [-0.2, 0) is 14.8 Å². The molecule has 0 radical (unpaired) electrons. The maximum Gasteiger partial charge on any atom is 0.243 e. The van der Waals surface area contributed by atoms with Crippen molar-refractivity contribution in [1.29, 1.82) is 0 Å². The van der Waals surface area contributed by atoms with Crippen LogP contribution in [0.3, 0.4) is 0 Å². The Hall–Kier alpha value is -1.43. The summed E-state index contributed by atoms with van der Waals surface area (Å²) in [5.41, 5.74) is -0.0265. The van der Waals surface area contributed by atoms with Gasteiger partial charge in [-0.1, -0.05) is 37.6 Å². The molecule has 1 aliphatic heterocycles. The van der Waals surface area contributed by atoms with Crippen molar-refractivity contribution in [2.45, 2.75) is 63.4 Å². The molecule has 6 heteroatoms. The average molecular weight is 408 g/mol. The monoisotopic (exact) mass is 407 g/mol. The molecule has 1 saturated heterocycles. The predicted octanol–water partition coefficient (Wildman–Crippen LogP) is 4.75. The lowest BCUT2D eigenvalue weighted by atomic mass is 9.84. The first-order chi connectivity index (χ1) is 12.5. The molecule has 1 aromatic carbocycles. The number of carbonyl (C=O) groups excluding carboxylic acids is 1. The molecule has 1 aromatic rings. The summed E-state index contributed by atoms with van der Waals surface area (Å²) >= 11 is 5.91. The fourth-order valence-electron chi connectivity index (χ4n) is 3.89. The van der Waals surface area contributed by atoms with E-state index in [2.05, 4.69) is 0 Å². The van der Waals surface area contributed by atoms with E-state index in [-0.39, 0.29) is 22.1 Å². The van der Waals surface area contributed by atoms with E-state index in [9.17, 15) is 13.2 Å². The highest BCUT2D eigenvalue weighted by atomic mass is 35.5. The van der Waals surface area contributed by atoms with Crippen molar-refractivity contribution in [2.24, 2.45) is 5.41 Å². The average Bonchev–Trinajstić information content (AvgIpc) is 3.16. The van der Waals surface area contributed by atoms with Crippen molar-refractivity contribution in [3.8, 4) is 0 Å². The number of sulfonamides is 1. The standard InChI is InChI=1S/C21H26ClNO3S/c1-15-6-5-12-21(4)19(14-20(2,3)13-11-18(15)24)23(21)27(25,26)17-9-7-16(22)8-10-17/h6-11,13,19H,5,12,14H2,1-4H3/b13-11+,15-6+/t19-,21+,23?/m1/s1. The zero-order valence-electron chi connectivity index (χ0n) is 16.2. The lowest BCUT2D eigenvalue weighted by Gasteiger charge is -2.20. The molecular weight excluding hydrogens is 382 g/mol. The van der Waals surface area contributed by atoms with E-state index in [4.69, 9.17) is 11.6 Å². The molecule has 3 rings (SSSR count). The van der Waals surface area contributed by atoms with E-state index in [1.165, 1.54) is 0 Å². The number of fused-ring (bicyclic) bond motifs is 1. The molecule has 2 aliphatic rings. The van der Waals surface area contributed by atoms with Gasteiger partial charge in [0.05, 0.1) is 10.4 Å². The molecule has 1 aliphatic carbocycles. The number of rotatable bonds is 2. The minimum atomic E-state index is -3.60. The highest BCUT2D eigenvalue weighted by Gasteiger charge is 2.65. The van der Waals surface area contributed by atoms with Crippen LogP contribution < -0.4 is 0 Å². The van der Waals surface area contributed by atoms with Gasteiger partial charge in [-0.3, -0.25) is 4.79 Å². The minimum Gasteiger partial charge on any atom is -0.290 e. The van der Waals surface area contributed by atoms with E-state index in [0.29, 0.717) is 29.9 Å². The molecule has 0 aromatic heterocycles. The number of ketones is 1. The van der Waals surface area contributed by atoms with Crippen LogP contribution in [0.2, 0.25) is 5.02 Å². The number of halogens is 1. The molecule has 27 heavy (non-hydrogen) atoms. The summed E-state index contributed by atoms with van der Waals surface area (Å²) in [5, 5.41) is 0.512. The number of allylic oxidation sites excluding steroid dienone is 4. The first kappa shape index (κ1) is 20.3. The lowest BCUT2D eigenvalue weighted by molar-refractivity contribution is -0.111. The Morgan fingerprint density at radius 2 is 1.78 bits per heavy atom. The highest BCUT2D eigenvalue weighted by Crippen LogP contribution is 2.53. The maximum absolute atomic E-state index is 13.3. The van der Waals surface area contributed by atoms with Gasteiger partial charge in [0, 0.05) is 11.1 Å². The van der Waals surface area contributed by atoms with Gasteiger partial charge in [0.25, 0.3) is 0 Å². The summed E-state index contributed by atoms with van der Waals surface area (Å²) in [4.78, 5) is 12.4. The van der Waals surface area contributed by atoms with Crippen molar-refractivity contribution in [3.63, 3.8) is 0 Å². The quantitative estimate of drug-likeness (QED) is 0.664. The van der Waals surface area contributed by atoms with Crippen LogP contribution >= 0.6 is 11.6 Å². The molecule has 0 bridgehead atoms. The van der Waals surface area contributed by atoms with Crippen molar-refractivity contribution < 1.29 is 13.2 Å². The van der Waals surface area contributed by atoms with Gasteiger partial charge in [-0.05, 0) is 74.4 Å². The third-order valence-corrected chi connectivity index (χ3v) is 8.01. The van der Waals surface area contributed by atoms with Crippen LogP contribution in [0.4, 0.5) is 0 Å². The van der Waals surface area contributed by atoms with E-state index >= 15 is 0 Å². The molecule has 1 unspecified atom stereocenters. The number of hydrogen-bond donors (Lipinski definition) is 0. The van der Waals surface area contributed by atoms with Crippen molar-refractivity contribution in [3.05, 3.63) is 53.1 Å². The Kier molecular flexibility index (Phi) is 5.17. The zero-order chi connectivity index (χ0) is 20.0. The van der Waals surface area contributed by atoms with E-state index < -0.39 is 15.6 Å². The minimum absolute atomic E-state index is 0.0226. The highest BCUT2D eigenvalue weighted by molar-refractivity contribution is 7.89. The number of carbonyl (C=O) groups is 1. The molecule has 0 amide bonds. The molecule has 1 fully saturated rings. The largest absolute Gasteiger partial charge is 0.290 e. The van der Waals surface area contributed by atoms with Gasteiger partial charge in [0.1, 0.15) is 0 Å². The molecule has 146 valence electrons. The molecule has 3 atom stereocenters. The number of hydrogen-bond acceptors (Lipinski definition) is 3. The van der Waals surface area contributed by atoms with Gasteiger partial charge in [-0.25, -0.2) is 8.42 Å². The summed E-state index contributed by atoms with van der Waals surface area (Å²) in [6.45, 7) is 7.90. The summed E-state index contributed by atoms with van der Waals surface area (Å²) < 4.78 is 28.2. The topological polar surface area (TPSA) is 54.2 Å². The Labute approximate surface area is 167 Å². The third-order valence-electron chi connectivity index (χ3n) is 5.70. The molecular formula is C21H26ClNO3S. The number of benzene rings is 1. The Bertz CT molecular complexity index is 915. The second kappa shape index (κ2) is 6.87. The first-order valence-corrected chi connectivity index (χ1v) is 11.0. The predicted molar refractivity (Wildman–Crippen MR) is 108 cm³/mol. The van der Waals surface area contributed by atoms with E-state index in [0.717, 1.165) is 0 Å². The first-order valence-electron chi connectivity index (χ1n) is 9.18. The van der Waals surface area contributed by atoms with Crippen LogP contribution in [0.25, 0.3) is 0 Å². The second-order valence-electron chi connectivity index (χ2n) is 8.44. The second-order valence-corrected chi connectivity index (χ2v) is 10.7. The normalized spacial score (nSPS) is 34.0. The van der Waals surface area contributed by atoms with Gasteiger partial charge in [0.2, 0.25) is 10.0 Å². The number of nitrogens with zero attached hydrogens (tertiary/aromatic N) is 1. The summed E-state index contributed by atoms with van der Waals surface area (Å²) in [6, 6.07) is 6.23. The SMILES string of the molecule is C/C1=C\CC[C@@]2(C)[C@@H](CC(C)(C)/C=C/C1=O)N2S(=O)(=O)c1ccc(Cl)cc1. The third kappa shape index (κ3) is 3.91. The van der Waals surface area contributed by atoms with Crippen molar-refractivity contribution in [2.75, 3.05) is 0 Å². The van der Waals surface area contributed by atoms with Crippen molar-refractivity contribution in [1.82, 2.24) is 4.31 Å². The Balaban J connectivity index is 1.97. The van der Waals surface area contributed by atoms with Crippen molar-refractivity contribution >= 4 is 27.4 Å². The van der Waals surface area contributed by atoms with Gasteiger partial charge >= 0.3 is 0 Å². The van der Waals surface area contributed by atoms with Crippen LogP contribution in [-0.4, -0.2) is 30.1 Å². The van der Waals surface area contributed by atoms with Gasteiger partial charge in [-0.15, -0.1) is 0 Å². The smallest absolute Gasteiger partial charge is 0.243 e. The van der Waals surface area contributed by atoms with Gasteiger partial charge in [0.15, 0.2) is 5.78 Å². The summed E-state index contributed by atoms with van der Waals surface area (Å²) in [6.07, 6.45) is 7.47.